The van der Waals surface area contributed by atoms with Crippen LogP contribution >= 0.6 is 0 Å². The highest BCUT2D eigenvalue weighted by atomic mass is 16.5. The first-order valence-electron chi connectivity index (χ1n) is 2.23. The third kappa shape index (κ3) is 0.788. The van der Waals surface area contributed by atoms with E-state index in [1.54, 1.807) is 6.08 Å². The van der Waals surface area contributed by atoms with Crippen LogP contribution in [0, 0.1) is 0 Å². The van der Waals surface area contributed by atoms with Gasteiger partial charge in [-0.2, -0.15) is 5.06 Å². The van der Waals surface area contributed by atoms with Crippen molar-refractivity contribution >= 4 is 6.03 Å². The van der Waals surface area contributed by atoms with E-state index in [9.17, 15) is 4.79 Å². The SMILES string of the molecule is O=C1NCC=CN1O. The van der Waals surface area contributed by atoms with Crippen molar-refractivity contribution in [1.29, 1.82) is 0 Å². The van der Waals surface area contributed by atoms with Crippen molar-refractivity contribution in [1.82, 2.24) is 10.4 Å². The standard InChI is InChI=1S/C4H6N2O2/c7-4-5-2-1-3-6(4)8/h1,3,8H,2H2,(H,5,7). The Bertz CT molecular complexity index is 132. The minimum atomic E-state index is -0.479. The largest absolute Gasteiger partial charge is 0.345 e. The summed E-state index contributed by atoms with van der Waals surface area (Å²) in [6.45, 7) is 0.496. The van der Waals surface area contributed by atoms with Gasteiger partial charge in [-0.3, -0.25) is 5.21 Å². The Kier molecular flexibility index (Phi) is 1.17. The number of hydrogen-bond acceptors (Lipinski definition) is 2. The molecule has 4 nitrogen and oxygen atoms in total. The highest BCUT2D eigenvalue weighted by Gasteiger charge is 2.07. The van der Waals surface area contributed by atoms with Crippen molar-refractivity contribution in [3.8, 4) is 0 Å². The Hall–Kier alpha value is -1.03. The van der Waals surface area contributed by atoms with Crippen LogP contribution in [-0.4, -0.2) is 22.8 Å². The van der Waals surface area contributed by atoms with Gasteiger partial charge in [-0.15, -0.1) is 0 Å². The van der Waals surface area contributed by atoms with Crippen molar-refractivity contribution < 1.29 is 10.0 Å². The summed E-state index contributed by atoms with van der Waals surface area (Å²) in [6, 6.07) is -0.479. The zero-order valence-corrected chi connectivity index (χ0v) is 4.16. The van der Waals surface area contributed by atoms with Crippen LogP contribution in [0.15, 0.2) is 12.3 Å². The highest BCUT2D eigenvalue weighted by molar-refractivity contribution is 5.74. The van der Waals surface area contributed by atoms with Gasteiger partial charge in [0.2, 0.25) is 0 Å². The predicted molar refractivity (Wildman–Crippen MR) is 26.2 cm³/mol. The molecule has 0 saturated carbocycles. The molecule has 0 bridgehead atoms. The lowest BCUT2D eigenvalue weighted by atomic mass is 10.5. The van der Waals surface area contributed by atoms with E-state index in [1.807, 2.05) is 0 Å². The number of amides is 2. The summed E-state index contributed by atoms with van der Waals surface area (Å²) in [5, 5.41) is 11.4. The topological polar surface area (TPSA) is 52.6 Å². The van der Waals surface area contributed by atoms with Crippen molar-refractivity contribution in [2.24, 2.45) is 0 Å². The maximum absolute atomic E-state index is 10.3. The summed E-state index contributed by atoms with van der Waals surface area (Å²) >= 11 is 0. The molecular formula is C4H6N2O2. The molecule has 1 aliphatic rings. The molecule has 44 valence electrons. The average Bonchev–Trinajstić information content (AvgIpc) is 1.77. The minimum absolute atomic E-state index is 0.479. The van der Waals surface area contributed by atoms with Gasteiger partial charge in [-0.25, -0.2) is 4.79 Å². The number of nitrogens with one attached hydrogen (secondary N) is 1. The highest BCUT2D eigenvalue weighted by Crippen LogP contribution is 1.89. The average molecular weight is 114 g/mol. The van der Waals surface area contributed by atoms with Crippen LogP contribution < -0.4 is 5.32 Å². The van der Waals surface area contributed by atoms with Crippen LogP contribution in [0.2, 0.25) is 0 Å². The third-order valence-electron chi connectivity index (χ3n) is 0.826. The molecule has 0 fully saturated rings. The van der Waals surface area contributed by atoms with Crippen LogP contribution in [0.25, 0.3) is 0 Å². The number of rotatable bonds is 0. The molecule has 8 heavy (non-hydrogen) atoms. The van der Waals surface area contributed by atoms with E-state index in [2.05, 4.69) is 5.32 Å². The summed E-state index contributed by atoms with van der Waals surface area (Å²) in [4.78, 5) is 10.3. The van der Waals surface area contributed by atoms with E-state index in [4.69, 9.17) is 5.21 Å². The van der Waals surface area contributed by atoms with Gasteiger partial charge in [0.25, 0.3) is 0 Å². The Labute approximate surface area is 46.4 Å². The summed E-state index contributed by atoms with van der Waals surface area (Å²) in [7, 11) is 0. The smallest absolute Gasteiger partial charge is 0.332 e. The van der Waals surface area contributed by atoms with Gasteiger partial charge >= 0.3 is 6.03 Å². The molecule has 0 radical (unpaired) electrons. The fourth-order valence-corrected chi connectivity index (χ4v) is 0.447. The molecule has 0 atom stereocenters. The van der Waals surface area contributed by atoms with E-state index >= 15 is 0 Å². The second kappa shape index (κ2) is 1.83. The number of hydroxylamine groups is 2. The number of carbonyl (C=O) groups excluding carboxylic acids is 1. The van der Waals surface area contributed by atoms with E-state index < -0.39 is 6.03 Å². The van der Waals surface area contributed by atoms with E-state index in [-0.39, 0.29) is 0 Å². The fraction of sp³-hybridized carbons (Fsp3) is 0.250. The van der Waals surface area contributed by atoms with Gasteiger partial charge in [0.05, 0.1) is 0 Å². The van der Waals surface area contributed by atoms with Gasteiger partial charge < -0.3 is 5.32 Å². The Balaban J connectivity index is 2.60. The second-order valence-electron chi connectivity index (χ2n) is 1.42. The normalized spacial score (nSPS) is 18.6. The molecule has 0 aromatic heterocycles. The summed E-state index contributed by atoms with van der Waals surface area (Å²) in [6.07, 6.45) is 2.94. The van der Waals surface area contributed by atoms with E-state index in [1.165, 1.54) is 6.20 Å². The fourth-order valence-electron chi connectivity index (χ4n) is 0.447. The molecule has 2 N–H and O–H groups in total. The molecule has 0 unspecified atom stereocenters. The second-order valence-corrected chi connectivity index (χ2v) is 1.42. The van der Waals surface area contributed by atoms with Crippen LogP contribution in [-0.2, 0) is 0 Å². The molecule has 0 spiro atoms. The first kappa shape index (κ1) is 5.11. The van der Waals surface area contributed by atoms with E-state index in [0.29, 0.717) is 11.6 Å². The Morgan fingerprint density at radius 2 is 2.62 bits per heavy atom. The molecule has 1 heterocycles. The number of urea groups is 1. The molecular weight excluding hydrogens is 108 g/mol. The maximum atomic E-state index is 10.3. The molecule has 1 aliphatic heterocycles. The van der Waals surface area contributed by atoms with Gasteiger partial charge in [0.15, 0.2) is 0 Å². The van der Waals surface area contributed by atoms with Crippen molar-refractivity contribution in [3.05, 3.63) is 12.3 Å². The lowest BCUT2D eigenvalue weighted by molar-refractivity contribution is 0.000708. The van der Waals surface area contributed by atoms with E-state index in [0.717, 1.165) is 0 Å². The van der Waals surface area contributed by atoms with Gasteiger partial charge in [0.1, 0.15) is 0 Å². The van der Waals surface area contributed by atoms with Gasteiger partial charge in [0, 0.05) is 12.7 Å². The quantitative estimate of drug-likeness (QED) is 0.432. The summed E-state index contributed by atoms with van der Waals surface area (Å²) in [5.74, 6) is 0. The molecule has 0 aromatic rings. The van der Waals surface area contributed by atoms with Crippen molar-refractivity contribution in [2.75, 3.05) is 6.54 Å². The van der Waals surface area contributed by atoms with Crippen LogP contribution in [0.5, 0.6) is 0 Å². The lowest BCUT2D eigenvalue weighted by Crippen LogP contribution is -2.37. The van der Waals surface area contributed by atoms with Crippen LogP contribution in [0.3, 0.4) is 0 Å². The summed E-state index contributed by atoms with van der Waals surface area (Å²) < 4.78 is 0. The molecule has 0 aliphatic carbocycles. The lowest BCUT2D eigenvalue weighted by Gasteiger charge is -2.13. The predicted octanol–water partition coefficient (Wildman–Crippen LogP) is -0.0855. The first-order valence-corrected chi connectivity index (χ1v) is 2.23. The van der Waals surface area contributed by atoms with Crippen LogP contribution in [0.1, 0.15) is 0 Å². The number of carbonyl (C=O) groups is 1. The summed E-state index contributed by atoms with van der Waals surface area (Å²) in [5.41, 5.74) is 0. The zero-order valence-electron chi connectivity index (χ0n) is 4.16. The molecule has 0 saturated heterocycles. The number of hydrogen-bond donors (Lipinski definition) is 2. The van der Waals surface area contributed by atoms with Gasteiger partial charge in [-0.1, -0.05) is 0 Å². The van der Waals surface area contributed by atoms with Gasteiger partial charge in [-0.05, 0) is 6.08 Å². The maximum Gasteiger partial charge on any atom is 0.345 e. The molecule has 0 aromatic carbocycles. The number of nitrogens with zero attached hydrogens (tertiary/aromatic N) is 1. The van der Waals surface area contributed by atoms with Crippen LogP contribution in [0.4, 0.5) is 4.79 Å². The minimum Gasteiger partial charge on any atom is -0.332 e. The first-order chi connectivity index (χ1) is 3.80. The van der Waals surface area contributed by atoms with Crippen molar-refractivity contribution in [3.63, 3.8) is 0 Å². The molecule has 1 rings (SSSR count). The zero-order chi connectivity index (χ0) is 5.98. The van der Waals surface area contributed by atoms with Crippen molar-refractivity contribution in [2.45, 2.75) is 0 Å². The third-order valence-corrected chi connectivity index (χ3v) is 0.826. The Morgan fingerprint density at radius 3 is 3.00 bits per heavy atom. The molecule has 4 heteroatoms. The molecule has 2 amide bonds. The Morgan fingerprint density at radius 1 is 1.88 bits per heavy atom. The monoisotopic (exact) mass is 114 g/mol.